The molecule has 1 aromatic carbocycles. The van der Waals surface area contributed by atoms with Crippen LogP contribution in [0.3, 0.4) is 0 Å². The Hall–Kier alpha value is -3.07. The first-order chi connectivity index (χ1) is 17.2. The number of thiophene rings is 1. The van der Waals surface area contributed by atoms with Crippen LogP contribution in [0, 0.1) is 11.8 Å². The van der Waals surface area contributed by atoms with Crippen molar-refractivity contribution in [3.05, 3.63) is 41.5 Å². The van der Waals surface area contributed by atoms with Gasteiger partial charge in [-0.3, -0.25) is 4.79 Å². The number of para-hydroxylation sites is 1. The fraction of sp³-hybridized carbons (Fsp3) is 0.500. The fourth-order valence-electron chi connectivity index (χ4n) is 5.60. The molecule has 2 fully saturated rings. The highest BCUT2D eigenvalue weighted by Crippen LogP contribution is 2.33. The van der Waals surface area contributed by atoms with E-state index in [-0.39, 0.29) is 5.92 Å². The van der Waals surface area contributed by atoms with Gasteiger partial charge in [0.2, 0.25) is 5.91 Å². The second-order valence-electron chi connectivity index (χ2n) is 9.77. The lowest BCUT2D eigenvalue weighted by molar-refractivity contribution is -0.137. The van der Waals surface area contributed by atoms with Crippen LogP contribution in [0.1, 0.15) is 37.5 Å². The molecule has 6 rings (SSSR count). The van der Waals surface area contributed by atoms with Gasteiger partial charge in [-0.05, 0) is 56.2 Å². The smallest absolute Gasteiger partial charge is 0.225 e. The predicted octanol–water partition coefficient (Wildman–Crippen LogP) is 4.15. The summed E-state index contributed by atoms with van der Waals surface area (Å²) in [6.45, 7) is 6.23. The Morgan fingerprint density at radius 1 is 1.06 bits per heavy atom. The van der Waals surface area contributed by atoms with Crippen LogP contribution in [0.2, 0.25) is 0 Å². The number of aryl methyl sites for hydroxylation is 1. The molecule has 2 aliphatic rings. The van der Waals surface area contributed by atoms with Crippen molar-refractivity contribution >= 4 is 44.3 Å². The van der Waals surface area contributed by atoms with Gasteiger partial charge in [0.05, 0.1) is 10.9 Å². The number of carbonyl (C=O) groups excluding carboxylic acids is 1. The first-order valence-electron chi connectivity index (χ1n) is 12.7. The van der Waals surface area contributed by atoms with E-state index >= 15 is 0 Å². The van der Waals surface area contributed by atoms with E-state index < -0.39 is 0 Å². The van der Waals surface area contributed by atoms with E-state index in [1.165, 1.54) is 4.88 Å². The predicted molar refractivity (Wildman–Crippen MR) is 139 cm³/mol. The lowest BCUT2D eigenvalue weighted by Crippen LogP contribution is -2.51. The van der Waals surface area contributed by atoms with Crippen LogP contribution in [0.4, 0.5) is 5.82 Å². The van der Waals surface area contributed by atoms with E-state index in [1.807, 2.05) is 22.9 Å². The third kappa shape index (κ3) is 4.37. The maximum atomic E-state index is 13.3. The number of aromatic nitrogens is 5. The van der Waals surface area contributed by atoms with E-state index in [0.717, 1.165) is 91.9 Å². The van der Waals surface area contributed by atoms with Crippen molar-refractivity contribution in [2.24, 2.45) is 11.8 Å². The van der Waals surface area contributed by atoms with Crippen molar-refractivity contribution in [3.63, 3.8) is 0 Å². The molecule has 0 radical (unpaired) electrons. The molecule has 4 aromatic rings. The average Bonchev–Trinajstić information content (AvgIpc) is 3.53. The molecule has 0 spiro atoms. The van der Waals surface area contributed by atoms with E-state index in [4.69, 9.17) is 0 Å². The SMILES string of the molecule is CCc1cc2c(N3CCN(C(=O)C4CCC(Cn5nnc6ccccc65)CC4)CC3)ncnc2s1. The lowest BCUT2D eigenvalue weighted by Gasteiger charge is -2.38. The molecule has 0 bridgehead atoms. The molecule has 1 aliphatic carbocycles. The number of benzene rings is 1. The molecule has 0 unspecified atom stereocenters. The number of anilines is 1. The standard InChI is InChI=1S/C26H31N7OS/c1-2-20-15-21-24(27-17-28-25(21)35-20)31-11-13-32(14-12-31)26(34)19-9-7-18(8-10-19)16-33-23-6-4-3-5-22(23)29-30-33/h3-6,15,17-19H,2,7-14,16H2,1H3. The molecule has 8 nitrogen and oxygen atoms in total. The molecule has 4 heterocycles. The highest BCUT2D eigenvalue weighted by molar-refractivity contribution is 7.18. The summed E-state index contributed by atoms with van der Waals surface area (Å²) in [5.41, 5.74) is 2.04. The Balaban J connectivity index is 1.03. The number of amides is 1. The zero-order chi connectivity index (χ0) is 23.8. The summed E-state index contributed by atoms with van der Waals surface area (Å²) >= 11 is 1.75. The van der Waals surface area contributed by atoms with Gasteiger partial charge in [-0.25, -0.2) is 14.6 Å². The largest absolute Gasteiger partial charge is 0.352 e. The van der Waals surface area contributed by atoms with E-state index in [2.05, 4.69) is 49.1 Å². The Kier molecular flexibility index (Phi) is 6.10. The Morgan fingerprint density at radius 2 is 1.86 bits per heavy atom. The summed E-state index contributed by atoms with van der Waals surface area (Å²) in [5.74, 6) is 2.06. The van der Waals surface area contributed by atoms with Crippen LogP contribution >= 0.6 is 11.3 Å². The number of hydrogen-bond acceptors (Lipinski definition) is 7. The van der Waals surface area contributed by atoms with Gasteiger partial charge in [-0.15, -0.1) is 16.4 Å². The highest BCUT2D eigenvalue weighted by atomic mass is 32.1. The molecule has 1 saturated heterocycles. The second kappa shape index (κ2) is 9.53. The number of rotatable bonds is 5. The Labute approximate surface area is 209 Å². The first-order valence-corrected chi connectivity index (χ1v) is 13.6. The minimum atomic E-state index is 0.153. The maximum Gasteiger partial charge on any atom is 0.225 e. The normalized spacial score (nSPS) is 21.2. The molecular weight excluding hydrogens is 458 g/mol. The third-order valence-corrected chi connectivity index (χ3v) is 8.83. The molecule has 1 saturated carbocycles. The molecule has 1 amide bonds. The van der Waals surface area contributed by atoms with Crippen LogP contribution in [-0.4, -0.2) is 61.9 Å². The summed E-state index contributed by atoms with van der Waals surface area (Å²) in [4.78, 5) is 29.2. The molecule has 9 heteroatoms. The van der Waals surface area contributed by atoms with Crippen LogP contribution in [-0.2, 0) is 17.8 Å². The summed E-state index contributed by atoms with van der Waals surface area (Å²) in [6.07, 6.45) is 6.77. The number of nitrogens with zero attached hydrogens (tertiary/aromatic N) is 7. The van der Waals surface area contributed by atoms with Gasteiger partial charge in [0, 0.05) is 43.5 Å². The van der Waals surface area contributed by atoms with E-state index in [0.29, 0.717) is 11.8 Å². The van der Waals surface area contributed by atoms with Gasteiger partial charge in [0.1, 0.15) is 22.5 Å². The number of fused-ring (bicyclic) bond motifs is 2. The van der Waals surface area contributed by atoms with Crippen molar-refractivity contribution in [2.75, 3.05) is 31.1 Å². The molecule has 0 atom stereocenters. The summed E-state index contributed by atoms with van der Waals surface area (Å²) in [6, 6.07) is 10.3. The molecular formula is C26H31N7OS. The van der Waals surface area contributed by atoms with Crippen LogP contribution < -0.4 is 4.90 Å². The van der Waals surface area contributed by atoms with Crippen LogP contribution in [0.15, 0.2) is 36.7 Å². The molecule has 1 aliphatic heterocycles. The van der Waals surface area contributed by atoms with Gasteiger partial charge >= 0.3 is 0 Å². The third-order valence-electron chi connectivity index (χ3n) is 7.65. The first kappa shape index (κ1) is 22.4. The number of hydrogen-bond donors (Lipinski definition) is 0. The van der Waals surface area contributed by atoms with Crippen LogP contribution in [0.5, 0.6) is 0 Å². The lowest BCUT2D eigenvalue weighted by atomic mass is 9.81. The van der Waals surface area contributed by atoms with Gasteiger partial charge in [-0.1, -0.05) is 24.3 Å². The van der Waals surface area contributed by atoms with Crippen molar-refractivity contribution in [1.29, 1.82) is 0 Å². The minimum Gasteiger partial charge on any atom is -0.352 e. The van der Waals surface area contributed by atoms with Crippen molar-refractivity contribution in [1.82, 2.24) is 29.9 Å². The molecule has 0 N–H and O–H groups in total. The van der Waals surface area contributed by atoms with Crippen molar-refractivity contribution in [3.8, 4) is 0 Å². The maximum absolute atomic E-state index is 13.3. The summed E-state index contributed by atoms with van der Waals surface area (Å²) in [7, 11) is 0. The second-order valence-corrected chi connectivity index (χ2v) is 10.9. The van der Waals surface area contributed by atoms with E-state index in [1.54, 1.807) is 17.7 Å². The quantitative estimate of drug-likeness (QED) is 0.419. The Morgan fingerprint density at radius 3 is 2.66 bits per heavy atom. The summed E-state index contributed by atoms with van der Waals surface area (Å²) < 4.78 is 2.03. The topological polar surface area (TPSA) is 80.0 Å². The van der Waals surface area contributed by atoms with Crippen LogP contribution in [0.25, 0.3) is 21.3 Å². The number of carbonyl (C=O) groups is 1. The average molecular weight is 490 g/mol. The molecule has 35 heavy (non-hydrogen) atoms. The highest BCUT2D eigenvalue weighted by Gasteiger charge is 2.32. The van der Waals surface area contributed by atoms with E-state index in [9.17, 15) is 4.79 Å². The van der Waals surface area contributed by atoms with Crippen molar-refractivity contribution < 1.29 is 4.79 Å². The van der Waals surface area contributed by atoms with Gasteiger partial charge in [0.25, 0.3) is 0 Å². The summed E-state index contributed by atoms with van der Waals surface area (Å²) in [5, 5.41) is 9.78. The van der Waals surface area contributed by atoms with Gasteiger partial charge in [-0.2, -0.15) is 0 Å². The monoisotopic (exact) mass is 489 g/mol. The molecule has 3 aromatic heterocycles. The van der Waals surface area contributed by atoms with Crippen molar-refractivity contribution in [2.45, 2.75) is 45.6 Å². The molecule has 182 valence electrons. The number of piperazine rings is 1. The van der Waals surface area contributed by atoms with Gasteiger partial charge in [0.15, 0.2) is 0 Å². The zero-order valence-electron chi connectivity index (χ0n) is 20.1. The van der Waals surface area contributed by atoms with Gasteiger partial charge < -0.3 is 9.80 Å². The minimum absolute atomic E-state index is 0.153. The fourth-order valence-corrected chi connectivity index (χ4v) is 6.53. The zero-order valence-corrected chi connectivity index (χ0v) is 21.0. The Bertz CT molecular complexity index is 1330.